The van der Waals surface area contributed by atoms with E-state index in [1.165, 1.54) is 19.3 Å². The van der Waals surface area contributed by atoms with Crippen molar-refractivity contribution in [1.82, 2.24) is 0 Å². The SMILES string of the molecule is CC(C)(C)OC(=O)C1C[C@@H]2C3CCC(C3)[C@@H]2C1. The van der Waals surface area contributed by atoms with E-state index in [0.29, 0.717) is 0 Å². The van der Waals surface area contributed by atoms with Gasteiger partial charge in [-0.3, -0.25) is 4.79 Å². The lowest BCUT2D eigenvalue weighted by atomic mass is 9.82. The summed E-state index contributed by atoms with van der Waals surface area (Å²) in [6.07, 6.45) is 6.53. The van der Waals surface area contributed by atoms with Crippen molar-refractivity contribution in [2.75, 3.05) is 0 Å². The third-order valence-corrected chi connectivity index (χ3v) is 5.13. The van der Waals surface area contributed by atoms with E-state index in [9.17, 15) is 4.79 Å². The maximum atomic E-state index is 12.1. The third kappa shape index (κ3) is 2.00. The molecule has 0 amide bonds. The number of rotatable bonds is 1. The highest BCUT2D eigenvalue weighted by Crippen LogP contribution is 2.60. The molecule has 3 rings (SSSR count). The number of fused-ring (bicyclic) bond motifs is 5. The summed E-state index contributed by atoms with van der Waals surface area (Å²) in [6.45, 7) is 5.89. The normalized spacial score (nSPS) is 43.8. The summed E-state index contributed by atoms with van der Waals surface area (Å²) in [7, 11) is 0. The predicted octanol–water partition coefficient (Wildman–Crippen LogP) is 3.40. The van der Waals surface area contributed by atoms with Gasteiger partial charge < -0.3 is 4.74 Å². The van der Waals surface area contributed by atoms with E-state index < -0.39 is 0 Å². The van der Waals surface area contributed by atoms with Gasteiger partial charge in [-0.2, -0.15) is 0 Å². The van der Waals surface area contributed by atoms with Crippen LogP contribution < -0.4 is 0 Å². The largest absolute Gasteiger partial charge is 0.460 e. The van der Waals surface area contributed by atoms with E-state index in [-0.39, 0.29) is 17.5 Å². The molecule has 5 atom stereocenters. The summed E-state index contributed by atoms with van der Waals surface area (Å²) in [5.41, 5.74) is -0.326. The molecule has 3 aliphatic rings. The molecule has 0 spiro atoms. The summed E-state index contributed by atoms with van der Waals surface area (Å²) in [4.78, 5) is 12.1. The van der Waals surface area contributed by atoms with Crippen LogP contribution in [0.25, 0.3) is 0 Å². The van der Waals surface area contributed by atoms with Gasteiger partial charge in [0.05, 0.1) is 5.92 Å². The van der Waals surface area contributed by atoms with Crippen molar-refractivity contribution in [2.45, 2.75) is 58.5 Å². The van der Waals surface area contributed by atoms with Crippen LogP contribution in [0.3, 0.4) is 0 Å². The minimum atomic E-state index is -0.326. The Morgan fingerprint density at radius 3 is 2.00 bits per heavy atom. The van der Waals surface area contributed by atoms with Gasteiger partial charge in [-0.25, -0.2) is 0 Å². The predicted molar refractivity (Wildman–Crippen MR) is 66.4 cm³/mol. The average molecular weight is 236 g/mol. The van der Waals surface area contributed by atoms with Crippen LogP contribution in [0.1, 0.15) is 52.9 Å². The summed E-state index contributed by atoms with van der Waals surface area (Å²) in [5.74, 6) is 3.85. The molecule has 2 nitrogen and oxygen atoms in total. The second-order valence-electron chi connectivity index (χ2n) is 7.36. The zero-order chi connectivity index (χ0) is 12.2. The summed E-state index contributed by atoms with van der Waals surface area (Å²) >= 11 is 0. The molecule has 0 radical (unpaired) electrons. The van der Waals surface area contributed by atoms with Gasteiger partial charge in [0.25, 0.3) is 0 Å². The number of esters is 1. The van der Waals surface area contributed by atoms with Crippen molar-refractivity contribution >= 4 is 5.97 Å². The van der Waals surface area contributed by atoms with Crippen LogP contribution in [0, 0.1) is 29.6 Å². The monoisotopic (exact) mass is 236 g/mol. The molecule has 0 heterocycles. The Bertz CT molecular complexity index is 310. The first-order chi connectivity index (χ1) is 7.94. The highest BCUT2D eigenvalue weighted by molar-refractivity contribution is 5.73. The van der Waals surface area contributed by atoms with Crippen molar-refractivity contribution in [2.24, 2.45) is 29.6 Å². The molecule has 3 saturated carbocycles. The smallest absolute Gasteiger partial charge is 0.309 e. The molecule has 0 aromatic heterocycles. The van der Waals surface area contributed by atoms with Gasteiger partial charge in [0, 0.05) is 0 Å². The van der Waals surface area contributed by atoms with Gasteiger partial charge >= 0.3 is 5.97 Å². The van der Waals surface area contributed by atoms with E-state index in [1.807, 2.05) is 20.8 Å². The quantitative estimate of drug-likeness (QED) is 0.652. The van der Waals surface area contributed by atoms with Gasteiger partial charge in [-0.15, -0.1) is 0 Å². The maximum absolute atomic E-state index is 12.1. The Labute approximate surface area is 104 Å². The van der Waals surface area contributed by atoms with Crippen LogP contribution in [-0.2, 0) is 9.53 Å². The number of carbonyl (C=O) groups excluding carboxylic acids is 1. The lowest BCUT2D eigenvalue weighted by molar-refractivity contribution is -0.160. The molecule has 3 aliphatic carbocycles. The minimum Gasteiger partial charge on any atom is -0.460 e. The van der Waals surface area contributed by atoms with E-state index >= 15 is 0 Å². The minimum absolute atomic E-state index is 0.0614. The van der Waals surface area contributed by atoms with Crippen LogP contribution >= 0.6 is 0 Å². The molecule has 0 aliphatic heterocycles. The topological polar surface area (TPSA) is 26.3 Å². The van der Waals surface area contributed by atoms with E-state index in [0.717, 1.165) is 36.5 Å². The molecule has 2 heteroatoms. The van der Waals surface area contributed by atoms with Crippen LogP contribution in [0.5, 0.6) is 0 Å². The Morgan fingerprint density at radius 2 is 1.53 bits per heavy atom. The zero-order valence-electron chi connectivity index (χ0n) is 11.2. The van der Waals surface area contributed by atoms with Gasteiger partial charge in [0.2, 0.25) is 0 Å². The van der Waals surface area contributed by atoms with Crippen molar-refractivity contribution in [3.05, 3.63) is 0 Å². The van der Waals surface area contributed by atoms with Crippen molar-refractivity contribution in [3.8, 4) is 0 Å². The fourth-order valence-electron chi connectivity index (χ4n) is 4.59. The number of carbonyl (C=O) groups is 1. The fourth-order valence-corrected chi connectivity index (χ4v) is 4.59. The third-order valence-electron chi connectivity index (χ3n) is 5.13. The molecule has 0 aromatic rings. The molecule has 0 N–H and O–H groups in total. The summed E-state index contributed by atoms with van der Waals surface area (Å²) in [5, 5.41) is 0. The second kappa shape index (κ2) is 3.73. The number of hydrogen-bond acceptors (Lipinski definition) is 2. The fraction of sp³-hybridized carbons (Fsp3) is 0.933. The van der Waals surface area contributed by atoms with Crippen LogP contribution in [0.2, 0.25) is 0 Å². The van der Waals surface area contributed by atoms with Crippen molar-refractivity contribution in [1.29, 1.82) is 0 Å². The molecule has 3 unspecified atom stereocenters. The lowest BCUT2D eigenvalue weighted by Crippen LogP contribution is -2.28. The Kier molecular flexibility index (Phi) is 2.53. The molecule has 2 bridgehead atoms. The average Bonchev–Trinajstić information content (AvgIpc) is 2.87. The molecule has 0 aromatic carbocycles. The summed E-state index contributed by atoms with van der Waals surface area (Å²) < 4.78 is 5.54. The molecule has 17 heavy (non-hydrogen) atoms. The molecule has 96 valence electrons. The van der Waals surface area contributed by atoms with Crippen LogP contribution in [-0.4, -0.2) is 11.6 Å². The lowest BCUT2D eigenvalue weighted by Gasteiger charge is -2.23. The standard InChI is InChI=1S/C15H24O2/c1-15(2,3)17-14(16)11-7-12-9-4-5-10(6-9)13(12)8-11/h9-13H,4-8H2,1-3H3/t9?,10?,11?,12-,13+. The van der Waals surface area contributed by atoms with Crippen molar-refractivity contribution in [3.63, 3.8) is 0 Å². The van der Waals surface area contributed by atoms with Gasteiger partial charge in [0.15, 0.2) is 0 Å². The highest BCUT2D eigenvalue weighted by Gasteiger charge is 2.53. The van der Waals surface area contributed by atoms with Crippen molar-refractivity contribution < 1.29 is 9.53 Å². The molecule has 3 fully saturated rings. The Hall–Kier alpha value is -0.530. The number of ether oxygens (including phenoxy) is 1. The van der Waals surface area contributed by atoms with Crippen LogP contribution in [0.15, 0.2) is 0 Å². The van der Waals surface area contributed by atoms with Crippen LogP contribution in [0.4, 0.5) is 0 Å². The molecular weight excluding hydrogens is 212 g/mol. The van der Waals surface area contributed by atoms with E-state index in [1.54, 1.807) is 0 Å². The van der Waals surface area contributed by atoms with Gasteiger partial charge in [0.1, 0.15) is 5.60 Å². The Morgan fingerprint density at radius 1 is 1.00 bits per heavy atom. The molecular formula is C15H24O2. The zero-order valence-corrected chi connectivity index (χ0v) is 11.2. The van der Waals surface area contributed by atoms with E-state index in [4.69, 9.17) is 4.74 Å². The number of hydrogen-bond donors (Lipinski definition) is 0. The first-order valence-corrected chi connectivity index (χ1v) is 7.17. The highest BCUT2D eigenvalue weighted by atomic mass is 16.6. The van der Waals surface area contributed by atoms with E-state index in [2.05, 4.69) is 0 Å². The first kappa shape index (κ1) is 11.6. The maximum Gasteiger partial charge on any atom is 0.309 e. The summed E-state index contributed by atoms with van der Waals surface area (Å²) in [6, 6.07) is 0. The first-order valence-electron chi connectivity index (χ1n) is 7.17. The van der Waals surface area contributed by atoms with Gasteiger partial charge in [-0.05, 0) is 76.5 Å². The van der Waals surface area contributed by atoms with Gasteiger partial charge in [-0.1, -0.05) is 0 Å². The second-order valence-corrected chi connectivity index (χ2v) is 7.36. The Balaban J connectivity index is 1.63. The molecule has 0 saturated heterocycles.